The molecule has 6 heteroatoms. The van der Waals surface area contributed by atoms with Gasteiger partial charge in [-0.2, -0.15) is 0 Å². The molecule has 3 N–H and O–H groups in total. The van der Waals surface area contributed by atoms with E-state index in [1.165, 1.54) is 23.8 Å². The fraction of sp³-hybridized carbons (Fsp3) is 0. The maximum atomic E-state index is 12.0. The zero-order chi connectivity index (χ0) is 12.5. The average molecular weight is 259 g/mol. The lowest BCUT2D eigenvalue weighted by Gasteiger charge is -1.96. The number of hydrogen-bond acceptors (Lipinski definition) is 5. The predicted octanol–water partition coefficient (Wildman–Crippen LogP) is 2.72. The molecule has 0 aliphatic heterocycles. The van der Waals surface area contributed by atoms with Gasteiger partial charge in [-0.05, 0) is 29.7 Å². The van der Waals surface area contributed by atoms with Crippen LogP contribution in [0.2, 0.25) is 0 Å². The molecule has 1 aromatic carbocycles. The Hall–Kier alpha value is -2.34. The van der Waals surface area contributed by atoms with Gasteiger partial charge in [-0.15, -0.1) is 11.3 Å². The highest BCUT2D eigenvalue weighted by atomic mass is 32.1. The lowest BCUT2D eigenvalue weighted by Crippen LogP contribution is -2.09. The van der Waals surface area contributed by atoms with Crippen LogP contribution in [0.25, 0.3) is 10.1 Å². The maximum Gasteiger partial charge on any atom is 0.265 e. The lowest BCUT2D eigenvalue weighted by molar-refractivity contribution is 0.103. The Bertz CT molecular complexity index is 703. The van der Waals surface area contributed by atoms with Crippen molar-refractivity contribution in [2.75, 3.05) is 11.1 Å². The number of rotatable bonds is 2. The summed E-state index contributed by atoms with van der Waals surface area (Å²) in [6.07, 6.45) is 2.83. The van der Waals surface area contributed by atoms with Crippen LogP contribution in [0.3, 0.4) is 0 Å². The van der Waals surface area contributed by atoms with E-state index in [-0.39, 0.29) is 5.91 Å². The van der Waals surface area contributed by atoms with Gasteiger partial charge in [0.25, 0.3) is 5.91 Å². The van der Waals surface area contributed by atoms with Crippen LogP contribution in [0.15, 0.2) is 41.2 Å². The van der Waals surface area contributed by atoms with Crippen LogP contribution in [-0.4, -0.2) is 11.1 Å². The molecule has 0 aliphatic rings. The Morgan fingerprint density at radius 3 is 3.06 bits per heavy atom. The zero-order valence-corrected chi connectivity index (χ0v) is 10.0. The van der Waals surface area contributed by atoms with Gasteiger partial charge in [0, 0.05) is 10.4 Å². The molecule has 1 amide bonds. The van der Waals surface area contributed by atoms with E-state index in [1.54, 1.807) is 0 Å². The van der Waals surface area contributed by atoms with E-state index >= 15 is 0 Å². The number of nitrogens with two attached hydrogens (primary N) is 1. The standard InChI is InChI=1S/C12H9N3O2S/c13-8-1-2-10-7(3-8)4-11(18-10)12(16)15-9-5-14-17-6-9/h1-6H,13H2,(H,15,16). The number of nitrogens with zero attached hydrogens (tertiary/aromatic N) is 1. The van der Waals surface area contributed by atoms with E-state index in [2.05, 4.69) is 15.0 Å². The van der Waals surface area contributed by atoms with Gasteiger partial charge < -0.3 is 15.6 Å². The summed E-state index contributed by atoms with van der Waals surface area (Å²) >= 11 is 1.42. The maximum absolute atomic E-state index is 12.0. The molecule has 0 atom stereocenters. The minimum absolute atomic E-state index is 0.182. The number of amides is 1. The molecule has 0 spiro atoms. The van der Waals surface area contributed by atoms with Gasteiger partial charge >= 0.3 is 0 Å². The summed E-state index contributed by atoms with van der Waals surface area (Å²) in [6, 6.07) is 7.40. The Morgan fingerprint density at radius 2 is 2.28 bits per heavy atom. The van der Waals surface area contributed by atoms with Crippen molar-refractivity contribution < 1.29 is 9.32 Å². The molecule has 0 unspecified atom stereocenters. The highest BCUT2D eigenvalue weighted by Gasteiger charge is 2.11. The van der Waals surface area contributed by atoms with Crippen LogP contribution in [0.5, 0.6) is 0 Å². The van der Waals surface area contributed by atoms with Gasteiger partial charge in [0.05, 0.1) is 11.1 Å². The SMILES string of the molecule is Nc1ccc2sc(C(=O)Nc3cnoc3)cc2c1. The van der Waals surface area contributed by atoms with Crippen molar-refractivity contribution in [1.29, 1.82) is 0 Å². The summed E-state index contributed by atoms with van der Waals surface area (Å²) in [5.41, 5.74) is 6.93. The summed E-state index contributed by atoms with van der Waals surface area (Å²) in [5.74, 6) is -0.182. The van der Waals surface area contributed by atoms with Crippen LogP contribution in [0, 0.1) is 0 Å². The number of nitrogens with one attached hydrogen (secondary N) is 1. The number of benzene rings is 1. The first kappa shape index (κ1) is 10.8. The second-order valence-electron chi connectivity index (χ2n) is 3.78. The molecule has 3 aromatic rings. The van der Waals surface area contributed by atoms with Crippen molar-refractivity contribution in [3.8, 4) is 0 Å². The summed E-state index contributed by atoms with van der Waals surface area (Å²) in [5, 5.41) is 7.19. The molecule has 90 valence electrons. The van der Waals surface area contributed by atoms with Crippen molar-refractivity contribution in [3.63, 3.8) is 0 Å². The van der Waals surface area contributed by atoms with E-state index in [4.69, 9.17) is 5.73 Å². The van der Waals surface area contributed by atoms with Crippen LogP contribution in [0.4, 0.5) is 11.4 Å². The third-order valence-electron chi connectivity index (χ3n) is 2.45. The van der Waals surface area contributed by atoms with E-state index in [1.807, 2.05) is 24.3 Å². The summed E-state index contributed by atoms with van der Waals surface area (Å²) < 4.78 is 5.68. The first-order valence-electron chi connectivity index (χ1n) is 5.22. The number of hydrogen-bond donors (Lipinski definition) is 2. The Balaban J connectivity index is 1.92. The minimum Gasteiger partial charge on any atom is -0.399 e. The van der Waals surface area contributed by atoms with E-state index in [0.717, 1.165) is 10.1 Å². The number of anilines is 2. The molecule has 0 saturated carbocycles. The van der Waals surface area contributed by atoms with Gasteiger partial charge in [0.1, 0.15) is 12.0 Å². The second-order valence-corrected chi connectivity index (χ2v) is 4.86. The number of aromatic nitrogens is 1. The fourth-order valence-electron chi connectivity index (χ4n) is 1.63. The highest BCUT2D eigenvalue weighted by molar-refractivity contribution is 7.20. The second kappa shape index (κ2) is 4.15. The number of fused-ring (bicyclic) bond motifs is 1. The molecule has 2 heterocycles. The number of carbonyl (C=O) groups excluding carboxylic acids is 1. The lowest BCUT2D eigenvalue weighted by atomic mass is 10.2. The van der Waals surface area contributed by atoms with Crippen LogP contribution >= 0.6 is 11.3 Å². The summed E-state index contributed by atoms with van der Waals surface area (Å²) in [7, 11) is 0. The Kier molecular flexibility index (Phi) is 2.49. The molecule has 2 aromatic heterocycles. The van der Waals surface area contributed by atoms with Gasteiger partial charge in [0.15, 0.2) is 0 Å². The van der Waals surface area contributed by atoms with Crippen molar-refractivity contribution in [2.24, 2.45) is 0 Å². The molecule has 5 nitrogen and oxygen atoms in total. The first-order chi connectivity index (χ1) is 8.72. The molecule has 0 radical (unpaired) electrons. The molecule has 0 bridgehead atoms. The number of carbonyl (C=O) groups is 1. The predicted molar refractivity (Wildman–Crippen MR) is 70.7 cm³/mol. The molecule has 0 aliphatic carbocycles. The van der Waals surface area contributed by atoms with Crippen molar-refractivity contribution in [1.82, 2.24) is 5.16 Å². The van der Waals surface area contributed by atoms with Crippen molar-refractivity contribution >= 4 is 38.7 Å². The van der Waals surface area contributed by atoms with Crippen LogP contribution < -0.4 is 11.1 Å². The van der Waals surface area contributed by atoms with Crippen molar-refractivity contribution in [3.05, 3.63) is 41.6 Å². The monoisotopic (exact) mass is 259 g/mol. The Labute approximate surface area is 106 Å². The fourth-order valence-corrected chi connectivity index (χ4v) is 2.57. The number of thiophene rings is 1. The zero-order valence-electron chi connectivity index (χ0n) is 9.21. The molecule has 18 heavy (non-hydrogen) atoms. The van der Waals surface area contributed by atoms with Crippen LogP contribution in [0.1, 0.15) is 9.67 Å². The summed E-state index contributed by atoms with van der Waals surface area (Å²) in [6.45, 7) is 0. The molecule has 0 saturated heterocycles. The Morgan fingerprint density at radius 1 is 1.39 bits per heavy atom. The molecular formula is C12H9N3O2S. The van der Waals surface area contributed by atoms with Crippen molar-refractivity contribution in [2.45, 2.75) is 0 Å². The third-order valence-corrected chi connectivity index (χ3v) is 3.57. The number of nitrogen functional groups attached to an aromatic ring is 1. The molecular weight excluding hydrogens is 250 g/mol. The molecule has 0 fully saturated rings. The third kappa shape index (κ3) is 1.93. The molecule has 3 rings (SSSR count). The highest BCUT2D eigenvalue weighted by Crippen LogP contribution is 2.27. The van der Waals surface area contributed by atoms with Gasteiger partial charge in [-0.3, -0.25) is 4.79 Å². The van der Waals surface area contributed by atoms with E-state index in [0.29, 0.717) is 16.3 Å². The summed E-state index contributed by atoms with van der Waals surface area (Å²) in [4.78, 5) is 12.6. The smallest absolute Gasteiger partial charge is 0.265 e. The normalized spacial score (nSPS) is 10.7. The quantitative estimate of drug-likeness (QED) is 0.693. The van der Waals surface area contributed by atoms with Gasteiger partial charge in [-0.1, -0.05) is 5.16 Å². The van der Waals surface area contributed by atoms with Gasteiger partial charge in [0.2, 0.25) is 0 Å². The average Bonchev–Trinajstić information content (AvgIpc) is 2.96. The van der Waals surface area contributed by atoms with E-state index < -0.39 is 0 Å². The van der Waals surface area contributed by atoms with Gasteiger partial charge in [-0.25, -0.2) is 0 Å². The minimum atomic E-state index is -0.182. The largest absolute Gasteiger partial charge is 0.399 e. The topological polar surface area (TPSA) is 81.2 Å². The van der Waals surface area contributed by atoms with Crippen LogP contribution in [-0.2, 0) is 0 Å². The van der Waals surface area contributed by atoms with E-state index in [9.17, 15) is 4.79 Å². The first-order valence-corrected chi connectivity index (χ1v) is 6.04.